The Morgan fingerprint density at radius 3 is 2.76 bits per heavy atom. The number of nitrogens with zero attached hydrogens (tertiary/aromatic N) is 3. The van der Waals surface area contributed by atoms with Gasteiger partial charge in [0, 0.05) is 4.91 Å². The molecule has 0 amide bonds. The molecule has 90 valence electrons. The maximum absolute atomic E-state index is 11.3. The monoisotopic (exact) mass is 255 g/mol. The number of para-hydroxylation sites is 1. The maximum Gasteiger partial charge on any atom is 0.514 e. The summed E-state index contributed by atoms with van der Waals surface area (Å²) in [6, 6.07) is 8.47. The summed E-state index contributed by atoms with van der Waals surface area (Å²) in [7, 11) is 0. The average Bonchev–Trinajstić information content (AvgIpc) is 2.35. The second-order valence-corrected chi connectivity index (χ2v) is 3.28. The van der Waals surface area contributed by atoms with Gasteiger partial charge in [0.1, 0.15) is 11.9 Å². The minimum absolute atomic E-state index is 0.0239. The van der Waals surface area contributed by atoms with Crippen molar-refractivity contribution in [1.29, 1.82) is 0 Å². The van der Waals surface area contributed by atoms with Gasteiger partial charge in [0.25, 0.3) is 0 Å². The van der Waals surface area contributed by atoms with Crippen LogP contribution in [0.2, 0.25) is 0 Å². The highest BCUT2D eigenvalue weighted by Crippen LogP contribution is 2.10. The second kappa shape index (κ2) is 7.38. The fourth-order valence-electron chi connectivity index (χ4n) is 0.990. The van der Waals surface area contributed by atoms with Crippen LogP contribution in [0.4, 0.5) is 4.79 Å². The molecule has 6 nitrogen and oxygen atoms in total. The Morgan fingerprint density at radius 1 is 1.47 bits per heavy atom. The van der Waals surface area contributed by atoms with Crippen LogP contribution in [0.25, 0.3) is 10.4 Å². The van der Waals surface area contributed by atoms with Gasteiger partial charge < -0.3 is 9.47 Å². The van der Waals surface area contributed by atoms with Crippen LogP contribution in [0.5, 0.6) is 5.75 Å². The lowest BCUT2D eigenvalue weighted by Crippen LogP contribution is -2.24. The molecule has 0 fully saturated rings. The first-order valence-electron chi connectivity index (χ1n) is 4.76. The highest BCUT2D eigenvalue weighted by atomic mass is 35.5. The molecular formula is C10H10ClN3O3. The van der Waals surface area contributed by atoms with E-state index < -0.39 is 12.3 Å². The minimum atomic E-state index is -0.880. The predicted octanol–water partition coefficient (Wildman–Crippen LogP) is 3.12. The van der Waals surface area contributed by atoms with Gasteiger partial charge in [-0.25, -0.2) is 4.79 Å². The van der Waals surface area contributed by atoms with E-state index in [1.165, 1.54) is 0 Å². The van der Waals surface area contributed by atoms with Crippen molar-refractivity contribution in [2.24, 2.45) is 5.11 Å². The van der Waals surface area contributed by atoms with E-state index in [-0.39, 0.29) is 12.4 Å². The largest absolute Gasteiger partial charge is 0.514 e. The number of carbonyl (C=O) groups is 1. The topological polar surface area (TPSA) is 84.3 Å². The average molecular weight is 256 g/mol. The standard InChI is InChI=1S/C10H10ClN3O3/c11-6-9(7-13-14-12)17-10(15)16-8-4-2-1-3-5-8/h1-5,9H,6-7H2. The van der Waals surface area contributed by atoms with Crippen LogP contribution in [0.15, 0.2) is 35.4 Å². The lowest BCUT2D eigenvalue weighted by atomic mass is 10.3. The summed E-state index contributed by atoms with van der Waals surface area (Å²) in [5, 5.41) is 3.27. The molecule has 1 atom stereocenters. The number of hydrogen-bond acceptors (Lipinski definition) is 4. The number of azide groups is 1. The molecule has 0 aliphatic carbocycles. The molecule has 17 heavy (non-hydrogen) atoms. The van der Waals surface area contributed by atoms with Gasteiger partial charge in [-0.2, -0.15) is 0 Å². The van der Waals surface area contributed by atoms with E-state index in [1.54, 1.807) is 30.3 Å². The van der Waals surface area contributed by atoms with E-state index in [0.717, 1.165) is 0 Å². The number of hydrogen-bond donors (Lipinski definition) is 0. The van der Waals surface area contributed by atoms with Crippen molar-refractivity contribution in [3.8, 4) is 5.75 Å². The summed E-state index contributed by atoms with van der Waals surface area (Å²) >= 11 is 5.53. The van der Waals surface area contributed by atoms with Gasteiger partial charge in [0.05, 0.1) is 12.4 Å². The van der Waals surface area contributed by atoms with E-state index >= 15 is 0 Å². The fraction of sp³-hybridized carbons (Fsp3) is 0.300. The smallest absolute Gasteiger partial charge is 0.429 e. The number of ether oxygens (including phenoxy) is 2. The molecule has 0 aromatic heterocycles. The Morgan fingerprint density at radius 2 is 2.18 bits per heavy atom. The Kier molecular flexibility index (Phi) is 5.71. The quantitative estimate of drug-likeness (QED) is 0.202. The normalized spacial score (nSPS) is 11.1. The zero-order chi connectivity index (χ0) is 12.5. The van der Waals surface area contributed by atoms with Gasteiger partial charge in [0.2, 0.25) is 0 Å². The maximum atomic E-state index is 11.3. The number of benzene rings is 1. The molecule has 0 saturated heterocycles. The van der Waals surface area contributed by atoms with Gasteiger partial charge in [-0.3, -0.25) is 0 Å². The molecule has 0 N–H and O–H groups in total. The number of alkyl halides is 1. The zero-order valence-electron chi connectivity index (χ0n) is 8.82. The molecule has 0 bridgehead atoms. The molecular weight excluding hydrogens is 246 g/mol. The molecule has 0 aliphatic heterocycles. The SMILES string of the molecule is [N-]=[N+]=NCC(CCl)OC(=O)Oc1ccccc1. The molecule has 7 heteroatoms. The summed E-state index contributed by atoms with van der Waals surface area (Å²) < 4.78 is 9.72. The van der Waals surface area contributed by atoms with Gasteiger partial charge in [-0.05, 0) is 17.7 Å². The van der Waals surface area contributed by atoms with Gasteiger partial charge in [0.15, 0.2) is 0 Å². The lowest BCUT2D eigenvalue weighted by Gasteiger charge is -2.12. The van der Waals surface area contributed by atoms with Gasteiger partial charge in [-0.15, -0.1) is 11.6 Å². The van der Waals surface area contributed by atoms with Crippen molar-refractivity contribution in [2.45, 2.75) is 6.10 Å². The third kappa shape index (κ3) is 5.10. The van der Waals surface area contributed by atoms with Crippen LogP contribution in [-0.4, -0.2) is 24.7 Å². The molecule has 1 aromatic carbocycles. The molecule has 1 aromatic rings. The van der Waals surface area contributed by atoms with Crippen molar-refractivity contribution >= 4 is 17.8 Å². The van der Waals surface area contributed by atoms with Crippen molar-refractivity contribution in [3.05, 3.63) is 40.8 Å². The predicted molar refractivity (Wildman–Crippen MR) is 62.1 cm³/mol. The van der Waals surface area contributed by atoms with Gasteiger partial charge in [-0.1, -0.05) is 23.3 Å². The van der Waals surface area contributed by atoms with Crippen LogP contribution in [0.1, 0.15) is 0 Å². The first-order valence-corrected chi connectivity index (χ1v) is 5.30. The second-order valence-electron chi connectivity index (χ2n) is 2.97. The summed E-state index contributed by atoms with van der Waals surface area (Å²) in [6.07, 6.45) is -1.57. The Labute approximate surface area is 103 Å². The Bertz CT molecular complexity index is 407. The van der Waals surface area contributed by atoms with Gasteiger partial charge >= 0.3 is 6.16 Å². The van der Waals surface area contributed by atoms with Crippen LogP contribution >= 0.6 is 11.6 Å². The van der Waals surface area contributed by atoms with Crippen LogP contribution < -0.4 is 4.74 Å². The fourth-order valence-corrected chi connectivity index (χ4v) is 1.15. The van der Waals surface area contributed by atoms with E-state index in [9.17, 15) is 4.79 Å². The van der Waals surface area contributed by atoms with E-state index in [0.29, 0.717) is 5.75 Å². The Hall–Kier alpha value is -1.91. The molecule has 0 radical (unpaired) electrons. The lowest BCUT2D eigenvalue weighted by molar-refractivity contribution is 0.0703. The van der Waals surface area contributed by atoms with E-state index in [1.807, 2.05) is 0 Å². The third-order valence-corrected chi connectivity index (χ3v) is 2.07. The summed E-state index contributed by atoms with van der Waals surface area (Å²) in [4.78, 5) is 13.9. The van der Waals surface area contributed by atoms with Crippen LogP contribution in [0.3, 0.4) is 0 Å². The first-order chi connectivity index (χ1) is 8.26. The summed E-state index contributed by atoms with van der Waals surface area (Å²) in [5.74, 6) is 0.401. The molecule has 0 aliphatic rings. The summed E-state index contributed by atoms with van der Waals surface area (Å²) in [6.45, 7) is -0.0239. The number of carbonyl (C=O) groups excluding carboxylic acids is 1. The molecule has 0 saturated carbocycles. The van der Waals surface area contributed by atoms with Crippen LogP contribution in [-0.2, 0) is 4.74 Å². The van der Waals surface area contributed by atoms with Crippen molar-refractivity contribution in [1.82, 2.24) is 0 Å². The number of halogens is 1. The van der Waals surface area contributed by atoms with Crippen molar-refractivity contribution in [2.75, 3.05) is 12.4 Å². The highest BCUT2D eigenvalue weighted by Gasteiger charge is 2.14. The highest BCUT2D eigenvalue weighted by molar-refractivity contribution is 6.18. The van der Waals surface area contributed by atoms with E-state index in [4.69, 9.17) is 26.6 Å². The minimum Gasteiger partial charge on any atom is -0.429 e. The molecule has 0 heterocycles. The van der Waals surface area contributed by atoms with Crippen LogP contribution in [0, 0.1) is 0 Å². The van der Waals surface area contributed by atoms with Crippen molar-refractivity contribution in [3.63, 3.8) is 0 Å². The third-order valence-electron chi connectivity index (χ3n) is 1.73. The first kappa shape index (κ1) is 13.2. The summed E-state index contributed by atoms with van der Waals surface area (Å²) in [5.41, 5.74) is 8.12. The molecule has 0 spiro atoms. The van der Waals surface area contributed by atoms with E-state index in [2.05, 4.69) is 10.0 Å². The zero-order valence-corrected chi connectivity index (χ0v) is 9.58. The number of rotatable bonds is 5. The molecule has 1 unspecified atom stereocenters. The molecule has 1 rings (SSSR count). The van der Waals surface area contributed by atoms with Crippen molar-refractivity contribution < 1.29 is 14.3 Å². The Balaban J connectivity index is 2.45.